The number of carbonyl (C=O) groups excluding carboxylic acids is 1. The van der Waals surface area contributed by atoms with Gasteiger partial charge in [-0.05, 0) is 54.9 Å². The molecule has 26 heavy (non-hydrogen) atoms. The van der Waals surface area contributed by atoms with Gasteiger partial charge < -0.3 is 19.2 Å². The number of ether oxygens (including phenoxy) is 2. The molecule has 138 valence electrons. The molecule has 1 aliphatic rings. The van der Waals surface area contributed by atoms with Crippen LogP contribution in [0.25, 0.3) is 0 Å². The molecule has 1 aromatic carbocycles. The maximum atomic E-state index is 13.5. The number of thiocarbonyl (C=S) groups is 1. The fourth-order valence-electron chi connectivity index (χ4n) is 3.22. The standard InChI is InChI=1S/C19H22N2O4S/c1-12(2)11-19(15-9-10-16(24-4)25-15)17(22)21(18(26)20-19)13-5-7-14(23-3)8-6-13/h5-10,12H,11H2,1-4H3,(H,20,26)/t19-/m0/s1. The molecular formula is C19H22N2O4S. The van der Waals surface area contributed by atoms with Crippen molar-refractivity contribution in [2.75, 3.05) is 19.1 Å². The zero-order chi connectivity index (χ0) is 18.9. The van der Waals surface area contributed by atoms with E-state index < -0.39 is 5.54 Å². The van der Waals surface area contributed by atoms with Crippen LogP contribution < -0.4 is 19.7 Å². The van der Waals surface area contributed by atoms with Crippen LogP contribution in [0, 0.1) is 5.92 Å². The summed E-state index contributed by atoms with van der Waals surface area (Å²) in [6, 6.07) is 10.7. The molecule has 1 aliphatic heterocycles. The van der Waals surface area contributed by atoms with E-state index in [1.54, 1.807) is 43.5 Å². The van der Waals surface area contributed by atoms with Crippen molar-refractivity contribution in [1.29, 1.82) is 0 Å². The van der Waals surface area contributed by atoms with E-state index in [-0.39, 0.29) is 11.8 Å². The molecule has 0 saturated carbocycles. The molecule has 7 heteroatoms. The van der Waals surface area contributed by atoms with Crippen molar-refractivity contribution >= 4 is 28.9 Å². The van der Waals surface area contributed by atoms with Gasteiger partial charge in [0, 0.05) is 6.07 Å². The Bertz CT molecular complexity index is 815. The van der Waals surface area contributed by atoms with Gasteiger partial charge in [-0.3, -0.25) is 9.69 Å². The molecule has 1 fully saturated rings. The molecule has 2 heterocycles. The van der Waals surface area contributed by atoms with E-state index in [9.17, 15) is 4.79 Å². The van der Waals surface area contributed by atoms with Crippen molar-refractivity contribution in [2.45, 2.75) is 25.8 Å². The maximum absolute atomic E-state index is 13.5. The van der Waals surface area contributed by atoms with E-state index in [4.69, 9.17) is 26.1 Å². The zero-order valence-corrected chi connectivity index (χ0v) is 16.1. The van der Waals surface area contributed by atoms with E-state index in [1.165, 1.54) is 12.0 Å². The number of anilines is 1. The predicted octanol–water partition coefficient (Wildman–Crippen LogP) is 3.46. The Morgan fingerprint density at radius 1 is 1.15 bits per heavy atom. The van der Waals surface area contributed by atoms with Crippen LogP contribution in [0.15, 0.2) is 40.8 Å². The molecular weight excluding hydrogens is 352 g/mol. The molecule has 2 aromatic rings. The first kappa shape index (κ1) is 18.3. The lowest BCUT2D eigenvalue weighted by Crippen LogP contribution is -2.44. The van der Waals surface area contributed by atoms with Gasteiger partial charge in [0.15, 0.2) is 10.7 Å². The SMILES string of the molecule is COc1ccc(N2C(=O)[C@](CC(C)C)(c3ccc(OC)o3)NC2=S)cc1. The Hall–Kier alpha value is -2.54. The smallest absolute Gasteiger partial charge is 0.284 e. The lowest BCUT2D eigenvalue weighted by atomic mass is 9.86. The van der Waals surface area contributed by atoms with Crippen molar-refractivity contribution in [3.63, 3.8) is 0 Å². The highest BCUT2D eigenvalue weighted by molar-refractivity contribution is 7.80. The number of carbonyl (C=O) groups is 1. The molecule has 1 amide bonds. The first-order valence-corrected chi connectivity index (χ1v) is 8.77. The van der Waals surface area contributed by atoms with Crippen LogP contribution in [0.3, 0.4) is 0 Å². The Morgan fingerprint density at radius 3 is 2.38 bits per heavy atom. The summed E-state index contributed by atoms with van der Waals surface area (Å²) in [5.74, 6) is 1.63. The van der Waals surface area contributed by atoms with Crippen molar-refractivity contribution in [3.05, 3.63) is 42.2 Å². The van der Waals surface area contributed by atoms with Crippen molar-refractivity contribution in [2.24, 2.45) is 5.92 Å². The molecule has 0 aliphatic carbocycles. The van der Waals surface area contributed by atoms with Crippen LogP contribution >= 0.6 is 12.2 Å². The van der Waals surface area contributed by atoms with Gasteiger partial charge in [0.2, 0.25) is 0 Å². The molecule has 1 atom stereocenters. The summed E-state index contributed by atoms with van der Waals surface area (Å²) in [4.78, 5) is 15.0. The van der Waals surface area contributed by atoms with Gasteiger partial charge in [-0.1, -0.05) is 13.8 Å². The normalized spacial score (nSPS) is 19.8. The average molecular weight is 374 g/mol. The second kappa shape index (κ2) is 6.99. The third kappa shape index (κ3) is 3.03. The number of furan rings is 1. The predicted molar refractivity (Wildman–Crippen MR) is 103 cm³/mol. The summed E-state index contributed by atoms with van der Waals surface area (Å²) < 4.78 is 16.1. The maximum Gasteiger partial charge on any atom is 0.284 e. The van der Waals surface area contributed by atoms with Gasteiger partial charge in [-0.2, -0.15) is 0 Å². The highest BCUT2D eigenvalue weighted by Gasteiger charge is 2.53. The molecule has 0 bridgehead atoms. The number of rotatable bonds is 6. The highest BCUT2D eigenvalue weighted by Crippen LogP contribution is 2.39. The second-order valence-electron chi connectivity index (χ2n) is 6.59. The van der Waals surface area contributed by atoms with E-state index in [1.807, 2.05) is 0 Å². The minimum Gasteiger partial charge on any atom is -0.497 e. The Balaban J connectivity index is 2.03. The summed E-state index contributed by atoms with van der Waals surface area (Å²) >= 11 is 5.49. The van der Waals surface area contributed by atoms with Gasteiger partial charge in [0.1, 0.15) is 11.5 Å². The van der Waals surface area contributed by atoms with E-state index >= 15 is 0 Å². The molecule has 1 aromatic heterocycles. The van der Waals surface area contributed by atoms with Crippen LogP contribution in [-0.4, -0.2) is 25.2 Å². The summed E-state index contributed by atoms with van der Waals surface area (Å²) in [6.45, 7) is 4.10. The van der Waals surface area contributed by atoms with Crippen molar-refractivity contribution in [1.82, 2.24) is 5.32 Å². The van der Waals surface area contributed by atoms with Crippen LogP contribution in [-0.2, 0) is 10.3 Å². The molecule has 0 spiro atoms. The number of hydrogen-bond donors (Lipinski definition) is 1. The molecule has 1 saturated heterocycles. The minimum atomic E-state index is -1.05. The number of nitrogens with one attached hydrogen (secondary N) is 1. The monoisotopic (exact) mass is 374 g/mol. The fraction of sp³-hybridized carbons (Fsp3) is 0.368. The number of nitrogens with zero attached hydrogens (tertiary/aromatic N) is 1. The summed E-state index contributed by atoms with van der Waals surface area (Å²) in [6.07, 6.45) is 0.537. The van der Waals surface area contributed by atoms with E-state index in [2.05, 4.69) is 19.2 Å². The number of amides is 1. The van der Waals surface area contributed by atoms with Crippen LogP contribution in [0.1, 0.15) is 26.0 Å². The molecule has 1 N–H and O–H groups in total. The molecule has 6 nitrogen and oxygen atoms in total. The summed E-state index contributed by atoms with van der Waals surface area (Å²) in [5, 5.41) is 3.55. The number of hydrogen-bond acceptors (Lipinski definition) is 5. The molecule has 0 unspecified atom stereocenters. The van der Waals surface area contributed by atoms with E-state index in [0.29, 0.717) is 34.7 Å². The molecule has 0 radical (unpaired) electrons. The number of benzene rings is 1. The van der Waals surface area contributed by atoms with Gasteiger partial charge in [-0.25, -0.2) is 0 Å². The van der Waals surface area contributed by atoms with Crippen LogP contribution in [0.2, 0.25) is 0 Å². The Labute approximate surface area is 158 Å². The van der Waals surface area contributed by atoms with Gasteiger partial charge in [0.25, 0.3) is 11.9 Å². The van der Waals surface area contributed by atoms with Crippen molar-refractivity contribution < 1.29 is 18.7 Å². The second-order valence-corrected chi connectivity index (χ2v) is 6.98. The Kier molecular flexibility index (Phi) is 4.91. The quantitative estimate of drug-likeness (QED) is 0.782. The third-order valence-corrected chi connectivity index (χ3v) is 4.62. The largest absolute Gasteiger partial charge is 0.497 e. The average Bonchev–Trinajstić information content (AvgIpc) is 3.19. The minimum absolute atomic E-state index is 0.168. The van der Waals surface area contributed by atoms with Gasteiger partial charge in [-0.15, -0.1) is 0 Å². The topological polar surface area (TPSA) is 63.9 Å². The number of methoxy groups -OCH3 is 2. The van der Waals surface area contributed by atoms with Crippen LogP contribution in [0.4, 0.5) is 5.69 Å². The zero-order valence-electron chi connectivity index (χ0n) is 15.2. The van der Waals surface area contributed by atoms with E-state index in [0.717, 1.165) is 0 Å². The highest BCUT2D eigenvalue weighted by atomic mass is 32.1. The van der Waals surface area contributed by atoms with Crippen molar-refractivity contribution in [3.8, 4) is 11.7 Å². The molecule has 3 rings (SSSR count). The van der Waals surface area contributed by atoms with Crippen LogP contribution in [0.5, 0.6) is 11.7 Å². The lowest BCUT2D eigenvalue weighted by molar-refractivity contribution is -0.123. The first-order valence-electron chi connectivity index (χ1n) is 8.36. The van der Waals surface area contributed by atoms with Gasteiger partial charge in [0.05, 0.1) is 19.9 Å². The van der Waals surface area contributed by atoms with Gasteiger partial charge >= 0.3 is 0 Å². The first-order chi connectivity index (χ1) is 12.4. The fourth-order valence-corrected chi connectivity index (χ4v) is 3.58. The Morgan fingerprint density at radius 2 is 1.85 bits per heavy atom. The third-order valence-electron chi connectivity index (χ3n) is 4.34. The summed E-state index contributed by atoms with van der Waals surface area (Å²) in [5.41, 5.74) is -0.375. The summed E-state index contributed by atoms with van der Waals surface area (Å²) in [7, 11) is 3.12. The lowest BCUT2D eigenvalue weighted by Gasteiger charge is -2.26.